The maximum Gasteiger partial charge on any atom is 0.290 e. The molecule has 5 heteroatoms. The molecule has 0 aromatic heterocycles. The Bertz CT molecular complexity index is 918. The predicted molar refractivity (Wildman–Crippen MR) is 103 cm³/mol. The highest BCUT2D eigenvalue weighted by Crippen LogP contribution is 2.42. The van der Waals surface area contributed by atoms with Crippen LogP contribution in [0, 0.1) is 0 Å². The monoisotopic (exact) mass is 365 g/mol. The lowest BCUT2D eigenvalue weighted by Crippen LogP contribution is -2.40. The highest BCUT2D eigenvalue weighted by Gasteiger charge is 2.37. The molecule has 2 aliphatic heterocycles. The zero-order valence-corrected chi connectivity index (χ0v) is 15.4. The number of nitrogens with one attached hydrogen (secondary N) is 1. The van der Waals surface area contributed by atoms with Crippen LogP contribution in [0.4, 0.5) is 4.79 Å². The number of thioether (sulfide) groups is 1. The Hall–Kier alpha value is -2.53. The molecule has 2 aliphatic rings. The van der Waals surface area contributed by atoms with Gasteiger partial charge in [0, 0.05) is 5.92 Å². The summed E-state index contributed by atoms with van der Waals surface area (Å²) >= 11 is 0.933. The second-order valence-electron chi connectivity index (χ2n) is 7.09. The third-order valence-corrected chi connectivity index (χ3v) is 5.67. The summed E-state index contributed by atoms with van der Waals surface area (Å²) in [5.41, 5.74) is 2.96. The Morgan fingerprint density at radius 2 is 1.92 bits per heavy atom. The van der Waals surface area contributed by atoms with Gasteiger partial charge in [-0.25, -0.2) is 0 Å². The van der Waals surface area contributed by atoms with Crippen LogP contribution in [0.5, 0.6) is 5.75 Å². The molecule has 1 N–H and O–H groups in total. The van der Waals surface area contributed by atoms with Crippen LogP contribution in [0.2, 0.25) is 0 Å². The standard InChI is InChI=1S/C21H19NO3S/c1-21(2)16(14-6-4-3-5-7-14)12-15-10-13(8-9-17(15)25-21)11-18-19(23)22-20(24)26-18/h3-11,16H,12H2,1-2H3,(H,22,23,24). The summed E-state index contributed by atoms with van der Waals surface area (Å²) in [6.45, 7) is 4.24. The van der Waals surface area contributed by atoms with Crippen molar-refractivity contribution in [1.29, 1.82) is 0 Å². The Morgan fingerprint density at radius 1 is 1.15 bits per heavy atom. The van der Waals surface area contributed by atoms with Gasteiger partial charge in [-0.15, -0.1) is 0 Å². The molecule has 2 aromatic carbocycles. The largest absolute Gasteiger partial charge is 0.487 e. The molecule has 2 heterocycles. The molecule has 2 amide bonds. The summed E-state index contributed by atoms with van der Waals surface area (Å²) in [4.78, 5) is 23.5. The number of ether oxygens (including phenoxy) is 1. The fraction of sp³-hybridized carbons (Fsp3) is 0.238. The zero-order chi connectivity index (χ0) is 18.3. The summed E-state index contributed by atoms with van der Waals surface area (Å²) in [6, 6.07) is 16.3. The summed E-state index contributed by atoms with van der Waals surface area (Å²) in [6.07, 6.45) is 2.62. The number of carbonyl (C=O) groups excluding carboxylic acids is 2. The number of imide groups is 1. The average molecular weight is 365 g/mol. The summed E-state index contributed by atoms with van der Waals surface area (Å²) in [5.74, 6) is 0.783. The van der Waals surface area contributed by atoms with Crippen LogP contribution < -0.4 is 10.1 Å². The average Bonchev–Trinajstić information content (AvgIpc) is 2.92. The molecule has 1 unspecified atom stereocenters. The predicted octanol–water partition coefficient (Wildman–Crippen LogP) is 4.51. The van der Waals surface area contributed by atoms with E-state index < -0.39 is 0 Å². The first kappa shape index (κ1) is 16.9. The number of amides is 2. The van der Waals surface area contributed by atoms with Crippen molar-refractivity contribution in [1.82, 2.24) is 5.32 Å². The lowest BCUT2D eigenvalue weighted by Gasteiger charge is -2.40. The molecule has 0 spiro atoms. The zero-order valence-electron chi connectivity index (χ0n) is 14.6. The molecule has 1 fully saturated rings. The molecule has 4 rings (SSSR count). The Labute approximate surface area is 156 Å². The van der Waals surface area contributed by atoms with Gasteiger partial charge in [0.25, 0.3) is 11.1 Å². The molecule has 1 atom stereocenters. The Kier molecular flexibility index (Phi) is 4.11. The third kappa shape index (κ3) is 3.15. The van der Waals surface area contributed by atoms with Crippen LogP contribution in [-0.4, -0.2) is 16.7 Å². The van der Waals surface area contributed by atoms with Crippen LogP contribution >= 0.6 is 11.8 Å². The van der Waals surface area contributed by atoms with Crippen LogP contribution in [0.15, 0.2) is 53.4 Å². The SMILES string of the molecule is CC1(C)Oc2ccc(C=C3SC(=O)NC3=O)cc2CC1c1ccccc1. The van der Waals surface area contributed by atoms with E-state index in [4.69, 9.17) is 4.74 Å². The van der Waals surface area contributed by atoms with E-state index in [-0.39, 0.29) is 22.7 Å². The minimum absolute atomic E-state index is 0.241. The topological polar surface area (TPSA) is 55.4 Å². The lowest BCUT2D eigenvalue weighted by atomic mass is 9.78. The molecule has 1 saturated heterocycles. The first-order chi connectivity index (χ1) is 12.4. The van der Waals surface area contributed by atoms with Crippen molar-refractivity contribution in [2.75, 3.05) is 0 Å². The molecule has 0 bridgehead atoms. The van der Waals surface area contributed by atoms with E-state index in [1.165, 1.54) is 5.56 Å². The first-order valence-electron chi connectivity index (χ1n) is 8.54. The van der Waals surface area contributed by atoms with E-state index in [1.54, 1.807) is 6.08 Å². The summed E-state index contributed by atoms with van der Waals surface area (Å²) in [5, 5.41) is 1.96. The van der Waals surface area contributed by atoms with Crippen molar-refractivity contribution in [3.8, 4) is 5.75 Å². The second-order valence-corrected chi connectivity index (χ2v) is 8.11. The molecule has 2 aromatic rings. The third-order valence-electron chi connectivity index (χ3n) is 4.86. The lowest BCUT2D eigenvalue weighted by molar-refractivity contribution is -0.115. The van der Waals surface area contributed by atoms with E-state index in [9.17, 15) is 9.59 Å². The van der Waals surface area contributed by atoms with Crippen molar-refractivity contribution >= 4 is 29.0 Å². The van der Waals surface area contributed by atoms with Crippen LogP contribution in [0.25, 0.3) is 6.08 Å². The van der Waals surface area contributed by atoms with Gasteiger partial charge in [0.2, 0.25) is 0 Å². The van der Waals surface area contributed by atoms with Gasteiger partial charge in [-0.3, -0.25) is 14.9 Å². The highest BCUT2D eigenvalue weighted by atomic mass is 32.2. The first-order valence-corrected chi connectivity index (χ1v) is 9.36. The van der Waals surface area contributed by atoms with Gasteiger partial charge in [-0.2, -0.15) is 0 Å². The molecule has 26 heavy (non-hydrogen) atoms. The van der Waals surface area contributed by atoms with Gasteiger partial charge in [-0.1, -0.05) is 36.4 Å². The molecule has 0 saturated carbocycles. The van der Waals surface area contributed by atoms with Gasteiger partial charge in [-0.05, 0) is 66.9 Å². The molecule has 0 radical (unpaired) electrons. The van der Waals surface area contributed by atoms with Crippen LogP contribution in [0.1, 0.15) is 36.5 Å². The van der Waals surface area contributed by atoms with Crippen LogP contribution in [0.3, 0.4) is 0 Å². The van der Waals surface area contributed by atoms with Crippen LogP contribution in [-0.2, 0) is 11.2 Å². The number of carbonyl (C=O) groups is 2. The fourth-order valence-corrected chi connectivity index (χ4v) is 4.23. The van der Waals surface area contributed by atoms with Gasteiger partial charge >= 0.3 is 0 Å². The highest BCUT2D eigenvalue weighted by molar-refractivity contribution is 8.18. The minimum Gasteiger partial charge on any atom is -0.487 e. The maximum absolute atomic E-state index is 11.8. The van der Waals surface area contributed by atoms with Gasteiger partial charge in [0.1, 0.15) is 11.4 Å². The molecular weight excluding hydrogens is 346 g/mol. The van der Waals surface area contributed by atoms with Crippen molar-refractivity contribution in [3.05, 3.63) is 70.1 Å². The van der Waals surface area contributed by atoms with Gasteiger partial charge < -0.3 is 4.74 Å². The number of rotatable bonds is 2. The second kappa shape index (κ2) is 6.32. The number of benzene rings is 2. The van der Waals surface area contributed by atoms with E-state index in [0.29, 0.717) is 4.91 Å². The Morgan fingerprint density at radius 3 is 2.62 bits per heavy atom. The molecular formula is C21H19NO3S. The number of fused-ring (bicyclic) bond motifs is 1. The quantitative estimate of drug-likeness (QED) is 0.796. The van der Waals surface area contributed by atoms with E-state index in [1.807, 2.05) is 24.3 Å². The number of hydrogen-bond acceptors (Lipinski definition) is 4. The van der Waals surface area contributed by atoms with Crippen molar-refractivity contribution in [2.24, 2.45) is 0 Å². The Balaban J connectivity index is 1.68. The summed E-state index contributed by atoms with van der Waals surface area (Å²) in [7, 11) is 0. The smallest absolute Gasteiger partial charge is 0.290 e. The van der Waals surface area contributed by atoms with Gasteiger partial charge in [0.15, 0.2) is 0 Å². The van der Waals surface area contributed by atoms with Crippen molar-refractivity contribution in [3.63, 3.8) is 0 Å². The molecule has 132 valence electrons. The van der Waals surface area contributed by atoms with E-state index >= 15 is 0 Å². The van der Waals surface area contributed by atoms with E-state index in [2.05, 4.69) is 43.4 Å². The van der Waals surface area contributed by atoms with Gasteiger partial charge in [0.05, 0.1) is 4.91 Å². The molecule has 0 aliphatic carbocycles. The van der Waals surface area contributed by atoms with Crippen molar-refractivity contribution < 1.29 is 14.3 Å². The normalized spacial score (nSPS) is 22.7. The maximum atomic E-state index is 11.8. The minimum atomic E-state index is -0.336. The summed E-state index contributed by atoms with van der Waals surface area (Å²) < 4.78 is 6.29. The number of hydrogen-bond donors (Lipinski definition) is 1. The van der Waals surface area contributed by atoms with E-state index in [0.717, 1.165) is 35.1 Å². The molecule has 4 nitrogen and oxygen atoms in total. The fourth-order valence-electron chi connectivity index (χ4n) is 3.55. The van der Waals surface area contributed by atoms with Crippen molar-refractivity contribution in [2.45, 2.75) is 31.8 Å².